The van der Waals surface area contributed by atoms with Crippen molar-refractivity contribution in [2.75, 3.05) is 17.7 Å². The molecular formula is C20H21N3O6S. The minimum Gasteiger partial charge on any atom is -0.495 e. The molecule has 2 aromatic carbocycles. The molecule has 30 heavy (non-hydrogen) atoms. The van der Waals surface area contributed by atoms with Gasteiger partial charge in [-0.2, -0.15) is 0 Å². The monoisotopic (exact) mass is 431 g/mol. The highest BCUT2D eigenvalue weighted by atomic mass is 32.2. The number of amides is 2. The predicted octanol–water partition coefficient (Wildman–Crippen LogP) is 2.11. The number of sulfonamides is 1. The van der Waals surface area contributed by atoms with Crippen LogP contribution >= 0.6 is 0 Å². The van der Waals surface area contributed by atoms with Crippen molar-refractivity contribution in [3.8, 4) is 11.5 Å². The van der Waals surface area contributed by atoms with Crippen molar-refractivity contribution in [1.82, 2.24) is 4.72 Å². The zero-order chi connectivity index (χ0) is 21.5. The highest BCUT2D eigenvalue weighted by molar-refractivity contribution is 7.89. The third-order valence-electron chi connectivity index (χ3n) is 4.78. The molecule has 10 heteroatoms. The largest absolute Gasteiger partial charge is 0.495 e. The lowest BCUT2D eigenvalue weighted by molar-refractivity contribution is -0.122. The Kier molecular flexibility index (Phi) is 5.12. The Morgan fingerprint density at radius 3 is 2.67 bits per heavy atom. The van der Waals surface area contributed by atoms with Gasteiger partial charge in [-0.05, 0) is 56.2 Å². The van der Waals surface area contributed by atoms with Crippen LogP contribution in [0.1, 0.15) is 30.1 Å². The molecule has 1 aliphatic carbocycles. The molecule has 1 saturated carbocycles. The van der Waals surface area contributed by atoms with Crippen molar-refractivity contribution in [3.05, 3.63) is 42.0 Å². The first-order valence-electron chi connectivity index (χ1n) is 9.40. The van der Waals surface area contributed by atoms with Crippen molar-refractivity contribution >= 4 is 33.2 Å². The number of nitrogens with one attached hydrogen (secondary N) is 3. The number of hydrogen-bond donors (Lipinski definition) is 3. The number of benzene rings is 2. The molecule has 0 radical (unpaired) electrons. The second-order valence-corrected chi connectivity index (χ2v) is 8.86. The number of ether oxygens (including phenoxy) is 2. The van der Waals surface area contributed by atoms with E-state index in [9.17, 15) is 18.0 Å². The van der Waals surface area contributed by atoms with E-state index in [1.54, 1.807) is 25.1 Å². The van der Waals surface area contributed by atoms with Crippen LogP contribution in [-0.4, -0.2) is 39.5 Å². The molecule has 3 N–H and O–H groups in total. The first-order chi connectivity index (χ1) is 14.3. The number of rotatable bonds is 6. The maximum atomic E-state index is 12.7. The lowest BCUT2D eigenvalue weighted by atomic mass is 10.1. The molecule has 9 nitrogen and oxygen atoms in total. The molecule has 0 saturated heterocycles. The van der Waals surface area contributed by atoms with Gasteiger partial charge >= 0.3 is 0 Å². The second kappa shape index (κ2) is 7.62. The fourth-order valence-electron chi connectivity index (χ4n) is 3.00. The van der Waals surface area contributed by atoms with Crippen LogP contribution in [0.15, 0.2) is 41.3 Å². The zero-order valence-corrected chi connectivity index (χ0v) is 17.2. The highest BCUT2D eigenvalue weighted by Gasteiger charge is 2.30. The lowest BCUT2D eigenvalue weighted by Crippen LogP contribution is -2.34. The third-order valence-corrected chi connectivity index (χ3v) is 6.32. The van der Waals surface area contributed by atoms with Gasteiger partial charge in [0.1, 0.15) is 16.4 Å². The summed E-state index contributed by atoms with van der Waals surface area (Å²) < 4.78 is 38.5. The van der Waals surface area contributed by atoms with Crippen molar-refractivity contribution in [2.24, 2.45) is 0 Å². The van der Waals surface area contributed by atoms with Crippen LogP contribution in [0, 0.1) is 0 Å². The van der Waals surface area contributed by atoms with E-state index in [1.165, 1.54) is 25.3 Å². The van der Waals surface area contributed by atoms with Crippen LogP contribution in [0.2, 0.25) is 0 Å². The average Bonchev–Trinajstić information content (AvgIpc) is 3.52. The van der Waals surface area contributed by atoms with Gasteiger partial charge in [-0.15, -0.1) is 0 Å². The van der Waals surface area contributed by atoms with E-state index in [2.05, 4.69) is 15.4 Å². The Morgan fingerprint density at radius 1 is 1.20 bits per heavy atom. The van der Waals surface area contributed by atoms with Crippen LogP contribution < -0.4 is 24.8 Å². The number of hydrogen-bond acceptors (Lipinski definition) is 6. The Morgan fingerprint density at radius 2 is 1.97 bits per heavy atom. The summed E-state index contributed by atoms with van der Waals surface area (Å²) in [5.41, 5.74) is 1.02. The third kappa shape index (κ3) is 4.10. The number of carbonyl (C=O) groups excluding carboxylic acids is 2. The summed E-state index contributed by atoms with van der Waals surface area (Å²) in [7, 11) is -2.44. The zero-order valence-electron chi connectivity index (χ0n) is 16.4. The van der Waals surface area contributed by atoms with Crippen molar-refractivity contribution in [2.45, 2.75) is 36.8 Å². The summed E-state index contributed by atoms with van der Waals surface area (Å²) in [6.45, 7) is 1.64. The molecule has 1 heterocycles. The molecule has 2 aliphatic rings. The standard InChI is InChI=1S/C20H21N3O6S/c1-11-19(24)22-15-10-14(6-8-16(15)29-11)21-20(25)12-3-7-17(28-2)18(9-12)30(26,27)23-13-4-5-13/h3,6-11,13,23H,4-5H2,1-2H3,(H,21,25)(H,22,24). The summed E-state index contributed by atoms with van der Waals surface area (Å²) in [6, 6.07) is 8.99. The summed E-state index contributed by atoms with van der Waals surface area (Å²) in [6.07, 6.45) is 0.986. The molecule has 1 atom stereocenters. The molecule has 2 amide bonds. The van der Waals surface area contributed by atoms with Gasteiger partial charge in [0.15, 0.2) is 6.10 Å². The van der Waals surface area contributed by atoms with E-state index in [0.717, 1.165) is 12.8 Å². The van der Waals surface area contributed by atoms with Gasteiger partial charge in [-0.3, -0.25) is 9.59 Å². The maximum absolute atomic E-state index is 12.7. The fraction of sp³-hybridized carbons (Fsp3) is 0.300. The van der Waals surface area contributed by atoms with E-state index < -0.39 is 22.0 Å². The molecule has 1 fully saturated rings. The average molecular weight is 431 g/mol. The second-order valence-electron chi connectivity index (χ2n) is 7.18. The van der Waals surface area contributed by atoms with Gasteiger partial charge in [-0.25, -0.2) is 13.1 Å². The molecule has 4 rings (SSSR count). The van der Waals surface area contributed by atoms with Gasteiger partial charge in [0.2, 0.25) is 10.0 Å². The number of fused-ring (bicyclic) bond motifs is 1. The van der Waals surface area contributed by atoms with E-state index in [1.807, 2.05) is 0 Å². The first kappa shape index (κ1) is 20.2. The summed E-state index contributed by atoms with van der Waals surface area (Å²) in [4.78, 5) is 24.4. The van der Waals surface area contributed by atoms with E-state index in [-0.39, 0.29) is 28.2 Å². The predicted molar refractivity (Wildman–Crippen MR) is 109 cm³/mol. The smallest absolute Gasteiger partial charge is 0.265 e. The topological polar surface area (TPSA) is 123 Å². The van der Waals surface area contributed by atoms with E-state index >= 15 is 0 Å². The fourth-order valence-corrected chi connectivity index (χ4v) is 4.50. The van der Waals surface area contributed by atoms with Gasteiger partial charge in [-0.1, -0.05) is 0 Å². The molecule has 2 aromatic rings. The molecule has 0 bridgehead atoms. The van der Waals surface area contributed by atoms with Gasteiger partial charge in [0.25, 0.3) is 11.8 Å². The molecule has 158 valence electrons. The molecule has 1 unspecified atom stereocenters. The Labute approximate surface area is 173 Å². The van der Waals surface area contributed by atoms with Crippen LogP contribution in [0.5, 0.6) is 11.5 Å². The molecular weight excluding hydrogens is 410 g/mol. The minimum absolute atomic E-state index is 0.0761. The van der Waals surface area contributed by atoms with Crippen molar-refractivity contribution in [1.29, 1.82) is 0 Å². The maximum Gasteiger partial charge on any atom is 0.265 e. The first-order valence-corrected chi connectivity index (χ1v) is 10.9. The van der Waals surface area contributed by atoms with Crippen LogP contribution in [-0.2, 0) is 14.8 Å². The summed E-state index contributed by atoms with van der Waals surface area (Å²) >= 11 is 0. The van der Waals surface area contributed by atoms with E-state index in [4.69, 9.17) is 9.47 Å². The van der Waals surface area contributed by atoms with Gasteiger partial charge in [0, 0.05) is 17.3 Å². The highest BCUT2D eigenvalue weighted by Crippen LogP contribution is 2.33. The number of methoxy groups -OCH3 is 1. The molecule has 1 aliphatic heterocycles. The van der Waals surface area contributed by atoms with Crippen LogP contribution in [0.3, 0.4) is 0 Å². The summed E-state index contributed by atoms with van der Waals surface area (Å²) in [5, 5.41) is 5.41. The number of carbonyl (C=O) groups is 2. The minimum atomic E-state index is -3.81. The Hall–Kier alpha value is -3.11. The van der Waals surface area contributed by atoms with Crippen LogP contribution in [0.25, 0.3) is 0 Å². The Balaban J connectivity index is 1.57. The van der Waals surface area contributed by atoms with Crippen LogP contribution in [0.4, 0.5) is 11.4 Å². The normalized spacial score (nSPS) is 18.1. The Bertz CT molecular complexity index is 1130. The van der Waals surface area contributed by atoms with Crippen molar-refractivity contribution < 1.29 is 27.5 Å². The molecule has 0 spiro atoms. The van der Waals surface area contributed by atoms with Crippen molar-refractivity contribution in [3.63, 3.8) is 0 Å². The van der Waals surface area contributed by atoms with Gasteiger partial charge in [0.05, 0.1) is 12.8 Å². The number of anilines is 2. The quantitative estimate of drug-likeness (QED) is 0.644. The van der Waals surface area contributed by atoms with Gasteiger partial charge < -0.3 is 20.1 Å². The molecule has 0 aromatic heterocycles. The van der Waals surface area contributed by atoms with E-state index in [0.29, 0.717) is 17.1 Å². The SMILES string of the molecule is COc1ccc(C(=O)Nc2ccc3c(c2)NC(=O)C(C)O3)cc1S(=O)(=O)NC1CC1. The summed E-state index contributed by atoms with van der Waals surface area (Å²) in [5.74, 6) is -0.123. The lowest BCUT2D eigenvalue weighted by Gasteiger charge is -2.23.